The highest BCUT2D eigenvalue weighted by atomic mass is 16.5. The van der Waals surface area contributed by atoms with E-state index in [-0.39, 0.29) is 25.5 Å². The van der Waals surface area contributed by atoms with Crippen LogP contribution in [0.15, 0.2) is 18.2 Å². The van der Waals surface area contributed by atoms with Gasteiger partial charge in [-0.15, -0.1) is 0 Å². The van der Waals surface area contributed by atoms with E-state index in [9.17, 15) is 9.90 Å². The maximum absolute atomic E-state index is 11.0. The van der Waals surface area contributed by atoms with Gasteiger partial charge in [0.25, 0.3) is 0 Å². The summed E-state index contributed by atoms with van der Waals surface area (Å²) in [6.07, 6.45) is 0.285. The fraction of sp³-hybridized carbons (Fsp3) is 0.417. The first-order valence-corrected chi connectivity index (χ1v) is 5.32. The average molecular weight is 239 g/mol. The van der Waals surface area contributed by atoms with Gasteiger partial charge in [-0.05, 0) is 18.2 Å². The molecule has 0 heterocycles. The van der Waals surface area contributed by atoms with Crippen molar-refractivity contribution < 1.29 is 19.4 Å². The summed E-state index contributed by atoms with van der Waals surface area (Å²) in [4.78, 5) is 11.0. The van der Waals surface area contributed by atoms with Crippen LogP contribution < -0.4 is 14.8 Å². The Morgan fingerprint density at radius 2 is 2.24 bits per heavy atom. The molecule has 94 valence electrons. The molecule has 0 radical (unpaired) electrons. The van der Waals surface area contributed by atoms with Gasteiger partial charge >= 0.3 is 0 Å². The molecule has 0 atom stereocenters. The molecule has 1 amide bonds. The van der Waals surface area contributed by atoms with Gasteiger partial charge in [-0.1, -0.05) is 0 Å². The van der Waals surface area contributed by atoms with Crippen molar-refractivity contribution in [1.29, 1.82) is 0 Å². The van der Waals surface area contributed by atoms with Crippen LogP contribution in [0.1, 0.15) is 12.0 Å². The summed E-state index contributed by atoms with van der Waals surface area (Å²) in [5.41, 5.74) is 0.640. The second-order valence-electron chi connectivity index (χ2n) is 3.40. The third kappa shape index (κ3) is 3.96. The zero-order valence-corrected chi connectivity index (χ0v) is 10.0. The van der Waals surface area contributed by atoms with Crippen molar-refractivity contribution >= 4 is 5.91 Å². The minimum Gasteiger partial charge on any atom is -0.497 e. The summed E-state index contributed by atoms with van der Waals surface area (Å²) in [5, 5.41) is 11.7. The zero-order valence-electron chi connectivity index (χ0n) is 10.0. The lowest BCUT2D eigenvalue weighted by Gasteiger charge is -2.11. The minimum absolute atomic E-state index is 0.0796. The standard InChI is InChI=1S/C12H17NO4/c1-13-12(15)5-6-17-11-4-3-10(16-2)7-9(11)8-14/h3-4,7,14H,5-6,8H2,1-2H3,(H,13,15). The third-order valence-electron chi connectivity index (χ3n) is 2.30. The van der Waals surface area contributed by atoms with E-state index in [1.54, 1.807) is 32.4 Å². The van der Waals surface area contributed by atoms with Crippen LogP contribution in [0.2, 0.25) is 0 Å². The summed E-state index contributed by atoms with van der Waals surface area (Å²) >= 11 is 0. The molecule has 2 N–H and O–H groups in total. The highest BCUT2D eigenvalue weighted by molar-refractivity contribution is 5.75. The van der Waals surface area contributed by atoms with Crippen LogP contribution in [0.25, 0.3) is 0 Å². The van der Waals surface area contributed by atoms with Gasteiger partial charge in [-0.2, -0.15) is 0 Å². The van der Waals surface area contributed by atoms with E-state index < -0.39 is 0 Å². The number of carbonyl (C=O) groups is 1. The Labute approximate surface area is 100 Å². The fourth-order valence-electron chi connectivity index (χ4n) is 1.33. The molecule has 5 heteroatoms. The second kappa shape index (κ2) is 6.75. The number of benzene rings is 1. The van der Waals surface area contributed by atoms with E-state index in [1.807, 2.05) is 0 Å². The quantitative estimate of drug-likeness (QED) is 0.767. The molecule has 0 aliphatic rings. The third-order valence-corrected chi connectivity index (χ3v) is 2.30. The van der Waals surface area contributed by atoms with E-state index in [2.05, 4.69) is 5.32 Å². The van der Waals surface area contributed by atoms with Gasteiger partial charge in [0.2, 0.25) is 5.91 Å². The molecule has 0 spiro atoms. The van der Waals surface area contributed by atoms with Gasteiger partial charge in [-0.3, -0.25) is 4.79 Å². The SMILES string of the molecule is CNC(=O)CCOc1ccc(OC)cc1CO. The molecule has 1 aromatic rings. The number of aliphatic hydroxyl groups excluding tert-OH is 1. The lowest BCUT2D eigenvalue weighted by Crippen LogP contribution is -2.20. The number of carbonyl (C=O) groups excluding carboxylic acids is 1. The van der Waals surface area contributed by atoms with E-state index in [0.717, 1.165) is 0 Å². The average Bonchev–Trinajstić information content (AvgIpc) is 2.38. The van der Waals surface area contributed by atoms with Crippen molar-refractivity contribution in [1.82, 2.24) is 5.32 Å². The summed E-state index contributed by atoms with van der Waals surface area (Å²) < 4.78 is 10.5. The predicted molar refractivity (Wildman–Crippen MR) is 63.1 cm³/mol. The Kier molecular flexibility index (Phi) is 5.29. The lowest BCUT2D eigenvalue weighted by atomic mass is 10.2. The maximum atomic E-state index is 11.0. The molecule has 0 saturated heterocycles. The highest BCUT2D eigenvalue weighted by Crippen LogP contribution is 2.24. The van der Waals surface area contributed by atoms with E-state index in [1.165, 1.54) is 0 Å². The van der Waals surface area contributed by atoms with Crippen LogP contribution in [0.4, 0.5) is 0 Å². The molecule has 17 heavy (non-hydrogen) atoms. The van der Waals surface area contributed by atoms with Crippen LogP contribution in [0.3, 0.4) is 0 Å². The number of rotatable bonds is 6. The maximum Gasteiger partial charge on any atom is 0.223 e. The minimum atomic E-state index is -0.132. The normalized spacial score (nSPS) is 9.82. The van der Waals surface area contributed by atoms with Crippen LogP contribution in [0.5, 0.6) is 11.5 Å². The number of methoxy groups -OCH3 is 1. The first-order valence-electron chi connectivity index (χ1n) is 5.32. The summed E-state index contributed by atoms with van der Waals surface area (Å²) in [7, 11) is 3.14. The van der Waals surface area contributed by atoms with Crippen LogP contribution >= 0.6 is 0 Å². The van der Waals surface area contributed by atoms with E-state index in [0.29, 0.717) is 17.1 Å². The van der Waals surface area contributed by atoms with Crippen molar-refractivity contribution in [3.63, 3.8) is 0 Å². The Hall–Kier alpha value is -1.75. The van der Waals surface area contributed by atoms with Crippen molar-refractivity contribution in [3.8, 4) is 11.5 Å². The Bertz CT molecular complexity index is 379. The van der Waals surface area contributed by atoms with Crippen LogP contribution in [-0.4, -0.2) is 31.8 Å². The summed E-state index contributed by atoms with van der Waals surface area (Å²) in [5.74, 6) is 1.15. The van der Waals surface area contributed by atoms with E-state index >= 15 is 0 Å². The molecule has 0 aliphatic carbocycles. The molecule has 0 aromatic heterocycles. The van der Waals surface area contributed by atoms with Crippen LogP contribution in [-0.2, 0) is 11.4 Å². The van der Waals surface area contributed by atoms with Gasteiger partial charge in [0.15, 0.2) is 0 Å². The van der Waals surface area contributed by atoms with Gasteiger partial charge < -0.3 is 19.9 Å². The van der Waals surface area contributed by atoms with Gasteiger partial charge in [-0.25, -0.2) is 0 Å². The molecule has 0 unspecified atom stereocenters. The molecular formula is C12H17NO4. The van der Waals surface area contributed by atoms with Gasteiger partial charge in [0.05, 0.1) is 26.7 Å². The van der Waals surface area contributed by atoms with Crippen molar-refractivity contribution in [3.05, 3.63) is 23.8 Å². The topological polar surface area (TPSA) is 67.8 Å². The molecule has 1 aromatic carbocycles. The summed E-state index contributed by atoms with van der Waals surface area (Å²) in [6.45, 7) is 0.144. The molecule has 1 rings (SSSR count). The Morgan fingerprint density at radius 3 is 2.82 bits per heavy atom. The lowest BCUT2D eigenvalue weighted by molar-refractivity contribution is -0.121. The van der Waals surface area contributed by atoms with E-state index in [4.69, 9.17) is 9.47 Å². The number of hydrogen-bond donors (Lipinski definition) is 2. The fourth-order valence-corrected chi connectivity index (χ4v) is 1.33. The number of ether oxygens (including phenoxy) is 2. The molecular weight excluding hydrogens is 222 g/mol. The molecule has 5 nitrogen and oxygen atoms in total. The van der Waals surface area contributed by atoms with Crippen LogP contribution in [0, 0.1) is 0 Å². The second-order valence-corrected chi connectivity index (χ2v) is 3.40. The first-order chi connectivity index (χ1) is 8.21. The zero-order chi connectivity index (χ0) is 12.7. The van der Waals surface area contributed by atoms with Crippen molar-refractivity contribution in [2.45, 2.75) is 13.0 Å². The van der Waals surface area contributed by atoms with Crippen molar-refractivity contribution in [2.24, 2.45) is 0 Å². The monoisotopic (exact) mass is 239 g/mol. The molecule has 0 saturated carbocycles. The molecule has 0 fully saturated rings. The number of amides is 1. The molecule has 0 aliphatic heterocycles. The smallest absolute Gasteiger partial charge is 0.223 e. The van der Waals surface area contributed by atoms with Gasteiger partial charge in [0.1, 0.15) is 11.5 Å². The summed E-state index contributed by atoms with van der Waals surface area (Å²) in [6, 6.07) is 5.16. The largest absolute Gasteiger partial charge is 0.497 e. The number of hydrogen-bond acceptors (Lipinski definition) is 4. The molecule has 0 bridgehead atoms. The predicted octanol–water partition coefficient (Wildman–Crippen LogP) is 0.702. The number of nitrogens with one attached hydrogen (secondary N) is 1. The highest BCUT2D eigenvalue weighted by Gasteiger charge is 2.06. The first kappa shape index (κ1) is 13.3. The number of aliphatic hydroxyl groups is 1. The Morgan fingerprint density at radius 1 is 1.47 bits per heavy atom. The Balaban J connectivity index is 2.61. The van der Waals surface area contributed by atoms with Gasteiger partial charge in [0, 0.05) is 12.6 Å². The van der Waals surface area contributed by atoms with Crippen molar-refractivity contribution in [2.75, 3.05) is 20.8 Å².